The number of hydrogen-bond donors (Lipinski definition) is 1. The lowest BCUT2D eigenvalue weighted by molar-refractivity contribution is -0.138. The molecule has 132 valence electrons. The van der Waals surface area contributed by atoms with E-state index in [0.29, 0.717) is 6.04 Å². The number of methoxy groups -OCH3 is 1. The summed E-state index contributed by atoms with van der Waals surface area (Å²) in [6, 6.07) is 17.2. The minimum Gasteiger partial charge on any atom is -0.496 e. The molecule has 0 radical (unpaired) electrons. The molecule has 0 saturated carbocycles. The monoisotopic (exact) mass is 339 g/mol. The maximum absolute atomic E-state index is 9.68. The molecule has 1 N–H and O–H groups in total. The third-order valence-electron chi connectivity index (χ3n) is 5.42. The van der Waals surface area contributed by atoms with Gasteiger partial charge in [0.25, 0.3) is 0 Å². The molecule has 1 saturated heterocycles. The fourth-order valence-corrected chi connectivity index (χ4v) is 4.21. The summed E-state index contributed by atoms with van der Waals surface area (Å²) >= 11 is 0. The Balaban J connectivity index is 1.62. The topological polar surface area (TPSA) is 41.9 Å². The van der Waals surface area contributed by atoms with Gasteiger partial charge in [-0.2, -0.15) is 0 Å². The van der Waals surface area contributed by atoms with E-state index in [1.165, 1.54) is 16.7 Å². The van der Waals surface area contributed by atoms with Crippen LogP contribution in [-0.4, -0.2) is 48.5 Å². The van der Waals surface area contributed by atoms with Crippen LogP contribution in [0.1, 0.15) is 16.7 Å². The highest BCUT2D eigenvalue weighted by Crippen LogP contribution is 2.35. The fourth-order valence-electron chi connectivity index (χ4n) is 4.21. The van der Waals surface area contributed by atoms with Gasteiger partial charge < -0.3 is 14.6 Å². The van der Waals surface area contributed by atoms with Gasteiger partial charge in [0.05, 0.1) is 25.9 Å². The van der Waals surface area contributed by atoms with Crippen molar-refractivity contribution in [2.45, 2.75) is 37.6 Å². The van der Waals surface area contributed by atoms with Crippen molar-refractivity contribution in [2.75, 3.05) is 20.3 Å². The molecule has 0 amide bonds. The summed E-state index contributed by atoms with van der Waals surface area (Å²) in [5.74, 6) is 0.945. The van der Waals surface area contributed by atoms with Crippen LogP contribution in [0.25, 0.3) is 0 Å². The van der Waals surface area contributed by atoms with Crippen LogP contribution in [0.4, 0.5) is 0 Å². The summed E-state index contributed by atoms with van der Waals surface area (Å²) in [5, 5.41) is 9.68. The number of aliphatic hydroxyl groups is 1. The Morgan fingerprint density at radius 1 is 1.12 bits per heavy atom. The molecule has 3 atom stereocenters. The van der Waals surface area contributed by atoms with Gasteiger partial charge in [0.2, 0.25) is 0 Å². The Morgan fingerprint density at radius 2 is 1.96 bits per heavy atom. The first-order valence-corrected chi connectivity index (χ1v) is 8.97. The summed E-state index contributed by atoms with van der Waals surface area (Å²) in [4.78, 5) is 2.48. The standard InChI is InChI=1S/C21H25NO3/c1-24-20-9-5-8-16-10-19-21(11-18(16)20)25-17(14-23)13-22(19)12-15-6-3-2-4-7-15/h2-9,17,19,21,23H,10-14H2,1H3/t17?,19-,21-/m1/s1. The van der Waals surface area contributed by atoms with Crippen molar-refractivity contribution in [3.8, 4) is 5.75 Å². The summed E-state index contributed by atoms with van der Waals surface area (Å²) < 4.78 is 11.8. The molecule has 0 bridgehead atoms. The zero-order valence-corrected chi connectivity index (χ0v) is 14.6. The van der Waals surface area contributed by atoms with E-state index >= 15 is 0 Å². The molecule has 2 aromatic carbocycles. The van der Waals surface area contributed by atoms with Crippen LogP contribution in [0.3, 0.4) is 0 Å². The van der Waals surface area contributed by atoms with Crippen molar-refractivity contribution in [2.24, 2.45) is 0 Å². The van der Waals surface area contributed by atoms with Gasteiger partial charge in [-0.05, 0) is 29.2 Å². The zero-order chi connectivity index (χ0) is 17.2. The second-order valence-corrected chi connectivity index (χ2v) is 6.97. The van der Waals surface area contributed by atoms with Crippen molar-refractivity contribution in [1.82, 2.24) is 4.90 Å². The van der Waals surface area contributed by atoms with Gasteiger partial charge in [-0.15, -0.1) is 0 Å². The first kappa shape index (κ1) is 16.6. The van der Waals surface area contributed by atoms with Crippen molar-refractivity contribution >= 4 is 0 Å². The van der Waals surface area contributed by atoms with Crippen molar-refractivity contribution < 1.29 is 14.6 Å². The first-order valence-electron chi connectivity index (χ1n) is 8.97. The van der Waals surface area contributed by atoms with E-state index in [0.717, 1.165) is 31.7 Å². The van der Waals surface area contributed by atoms with Gasteiger partial charge in [-0.1, -0.05) is 42.5 Å². The zero-order valence-electron chi connectivity index (χ0n) is 14.6. The highest BCUT2D eigenvalue weighted by Gasteiger charge is 2.40. The van der Waals surface area contributed by atoms with E-state index < -0.39 is 0 Å². The summed E-state index contributed by atoms with van der Waals surface area (Å²) in [5.41, 5.74) is 3.91. The molecule has 4 heteroatoms. The van der Waals surface area contributed by atoms with Gasteiger partial charge in [-0.25, -0.2) is 0 Å². The van der Waals surface area contributed by atoms with Gasteiger partial charge in [-0.3, -0.25) is 4.90 Å². The maximum atomic E-state index is 9.68. The number of benzene rings is 2. The average Bonchev–Trinajstić information content (AvgIpc) is 2.66. The Labute approximate surface area is 149 Å². The van der Waals surface area contributed by atoms with Crippen LogP contribution in [0.5, 0.6) is 5.75 Å². The predicted molar refractivity (Wildman–Crippen MR) is 96.8 cm³/mol. The van der Waals surface area contributed by atoms with E-state index in [1.807, 2.05) is 12.1 Å². The van der Waals surface area contributed by atoms with E-state index in [4.69, 9.17) is 9.47 Å². The minimum atomic E-state index is -0.124. The number of aliphatic hydroxyl groups excluding tert-OH is 1. The van der Waals surface area contributed by atoms with E-state index in [2.05, 4.69) is 41.3 Å². The summed E-state index contributed by atoms with van der Waals surface area (Å²) in [7, 11) is 1.72. The number of nitrogens with zero attached hydrogens (tertiary/aromatic N) is 1. The van der Waals surface area contributed by atoms with E-state index in [9.17, 15) is 5.11 Å². The largest absolute Gasteiger partial charge is 0.496 e. The Hall–Kier alpha value is -1.88. The number of rotatable bonds is 4. The molecule has 2 aromatic rings. The van der Waals surface area contributed by atoms with Crippen LogP contribution in [-0.2, 0) is 24.1 Å². The van der Waals surface area contributed by atoms with Gasteiger partial charge in [0, 0.05) is 25.6 Å². The lowest BCUT2D eigenvalue weighted by atomic mass is 9.83. The molecule has 25 heavy (non-hydrogen) atoms. The van der Waals surface area contributed by atoms with Gasteiger partial charge in [0.15, 0.2) is 0 Å². The Morgan fingerprint density at radius 3 is 2.72 bits per heavy atom. The molecule has 0 aromatic heterocycles. The normalized spacial score (nSPS) is 25.9. The quantitative estimate of drug-likeness (QED) is 0.929. The fraction of sp³-hybridized carbons (Fsp3) is 0.429. The second-order valence-electron chi connectivity index (χ2n) is 6.97. The molecule has 1 aliphatic heterocycles. The van der Waals surface area contributed by atoms with Gasteiger partial charge >= 0.3 is 0 Å². The molecular formula is C21H25NO3. The van der Waals surface area contributed by atoms with Crippen molar-refractivity contribution in [3.63, 3.8) is 0 Å². The SMILES string of the molecule is COc1cccc2c1C[C@H]1OC(CO)CN(Cc3ccccc3)[C@@H]1C2. The summed E-state index contributed by atoms with van der Waals surface area (Å²) in [6.07, 6.45) is 1.77. The van der Waals surface area contributed by atoms with Crippen molar-refractivity contribution in [3.05, 3.63) is 65.2 Å². The third kappa shape index (κ3) is 3.30. The van der Waals surface area contributed by atoms with Gasteiger partial charge in [0.1, 0.15) is 5.75 Å². The van der Waals surface area contributed by atoms with E-state index in [-0.39, 0.29) is 18.8 Å². The van der Waals surface area contributed by atoms with E-state index in [1.54, 1.807) is 7.11 Å². The smallest absolute Gasteiger partial charge is 0.122 e. The predicted octanol–water partition coefficient (Wildman–Crippen LogP) is 2.42. The molecule has 4 rings (SSSR count). The third-order valence-corrected chi connectivity index (χ3v) is 5.42. The van der Waals surface area contributed by atoms with Crippen LogP contribution in [0.2, 0.25) is 0 Å². The number of ether oxygens (including phenoxy) is 2. The molecule has 1 fully saturated rings. The maximum Gasteiger partial charge on any atom is 0.122 e. The van der Waals surface area contributed by atoms with Crippen LogP contribution in [0, 0.1) is 0 Å². The first-order chi connectivity index (χ1) is 12.3. The summed E-state index contributed by atoms with van der Waals surface area (Å²) in [6.45, 7) is 1.72. The highest BCUT2D eigenvalue weighted by atomic mass is 16.5. The highest BCUT2D eigenvalue weighted by molar-refractivity contribution is 5.43. The van der Waals surface area contributed by atoms with Crippen LogP contribution in [0.15, 0.2) is 48.5 Å². The molecule has 1 heterocycles. The lowest BCUT2D eigenvalue weighted by Gasteiger charge is -2.47. The number of hydrogen-bond acceptors (Lipinski definition) is 4. The minimum absolute atomic E-state index is 0.0628. The molecule has 1 aliphatic carbocycles. The Bertz CT molecular complexity index is 718. The van der Waals surface area contributed by atoms with Crippen LogP contribution >= 0.6 is 0 Å². The van der Waals surface area contributed by atoms with Crippen LogP contribution < -0.4 is 4.74 Å². The molecule has 0 spiro atoms. The lowest BCUT2D eigenvalue weighted by Crippen LogP contribution is -2.58. The molecule has 2 aliphatic rings. The average molecular weight is 339 g/mol. The second kappa shape index (κ2) is 7.16. The molecule has 4 nitrogen and oxygen atoms in total. The molecular weight excluding hydrogens is 314 g/mol. The molecule has 1 unspecified atom stereocenters. The van der Waals surface area contributed by atoms with Crippen molar-refractivity contribution in [1.29, 1.82) is 0 Å². The number of morpholine rings is 1. The Kier molecular flexibility index (Phi) is 4.75. The number of fused-ring (bicyclic) bond motifs is 2.